The first-order chi connectivity index (χ1) is 44.1. The summed E-state index contributed by atoms with van der Waals surface area (Å²) < 4.78 is 23.0. The Bertz CT molecular complexity index is 1760. The van der Waals surface area contributed by atoms with Gasteiger partial charge in [-0.1, -0.05) is 356 Å². The summed E-state index contributed by atoms with van der Waals surface area (Å²) in [7, 11) is 5.97. The van der Waals surface area contributed by atoms with Gasteiger partial charge in [0.15, 0.2) is 6.10 Å². The van der Waals surface area contributed by atoms with Crippen LogP contribution in [0, 0.1) is 0 Å². The zero-order valence-electron chi connectivity index (χ0n) is 59.8. The van der Waals surface area contributed by atoms with Crippen molar-refractivity contribution in [1.29, 1.82) is 0 Å². The minimum atomic E-state index is -1.52. The maximum Gasteiger partial charge on any atom is 0.361 e. The molecule has 0 radical (unpaired) electrons. The molecule has 0 spiro atoms. The predicted octanol–water partition coefficient (Wildman–Crippen LogP) is 24.2. The van der Waals surface area contributed by atoms with Crippen LogP contribution in [0.15, 0.2) is 85.1 Å². The standard InChI is InChI=1S/C81H145NO8/c1-6-8-10-12-14-16-18-20-22-24-26-28-30-32-34-35-36-37-38-39-40-41-42-43-44-46-47-49-51-53-55-57-59-61-63-65-67-69-71-78(83)88-75-77(76-89-81(80(85)86)87-74-73-82(3,4)5)90-79(84)72-70-68-66-64-62-60-58-56-54-52-50-48-45-33-31-29-27-25-23-21-19-17-15-13-11-9-7-2/h9,11,15,17,21,23,27,29,33,45,50,52,56,58,77,81H,6-8,10,12-14,16,18-20,22,24-26,28,30-32,34-44,46-49,51,53-55,57,59-76H2,1-5H3/p+1/b11-9-,17-15-,23-21-,29-27-,45-33-,52-50-,58-56-. The molecule has 0 aliphatic carbocycles. The first kappa shape index (κ1) is 86.5. The molecule has 0 aromatic rings. The predicted molar refractivity (Wildman–Crippen MR) is 387 cm³/mol. The third kappa shape index (κ3) is 71.9. The zero-order valence-corrected chi connectivity index (χ0v) is 59.8. The van der Waals surface area contributed by atoms with Crippen LogP contribution in [0.3, 0.4) is 0 Å². The summed E-state index contributed by atoms with van der Waals surface area (Å²) in [6, 6.07) is 0. The second-order valence-corrected chi connectivity index (χ2v) is 26.9. The number of aliphatic carboxylic acids is 1. The molecule has 0 saturated heterocycles. The van der Waals surface area contributed by atoms with Crippen molar-refractivity contribution >= 4 is 17.9 Å². The number of nitrogens with zero attached hydrogens (tertiary/aromatic N) is 1. The average Bonchev–Trinajstić information content (AvgIpc) is 3.74. The Hall–Kier alpha value is -3.53. The smallest absolute Gasteiger partial charge is 0.361 e. The number of hydrogen-bond donors (Lipinski definition) is 1. The molecule has 0 aliphatic heterocycles. The van der Waals surface area contributed by atoms with E-state index in [1.807, 2.05) is 21.1 Å². The van der Waals surface area contributed by atoms with Crippen LogP contribution >= 0.6 is 0 Å². The van der Waals surface area contributed by atoms with Gasteiger partial charge in [0, 0.05) is 12.8 Å². The fourth-order valence-electron chi connectivity index (χ4n) is 11.1. The van der Waals surface area contributed by atoms with Crippen LogP contribution in [0.1, 0.15) is 354 Å². The molecule has 0 aromatic carbocycles. The van der Waals surface area contributed by atoms with Gasteiger partial charge in [-0.05, 0) is 70.6 Å². The molecule has 0 heterocycles. The number of quaternary nitrogens is 1. The van der Waals surface area contributed by atoms with E-state index in [-0.39, 0.29) is 32.2 Å². The van der Waals surface area contributed by atoms with Crippen molar-refractivity contribution in [1.82, 2.24) is 0 Å². The van der Waals surface area contributed by atoms with Gasteiger partial charge in [0.05, 0.1) is 34.4 Å². The molecule has 0 aliphatic rings. The maximum atomic E-state index is 12.9. The molecule has 0 rings (SSSR count). The number of likely N-dealkylation sites (N-methyl/N-ethyl adjacent to an activating group) is 1. The molecule has 9 nitrogen and oxygen atoms in total. The molecule has 0 fully saturated rings. The largest absolute Gasteiger partial charge is 0.477 e. The molecule has 9 heteroatoms. The minimum absolute atomic E-state index is 0.181. The number of carbonyl (C=O) groups excluding carboxylic acids is 2. The van der Waals surface area contributed by atoms with Crippen molar-refractivity contribution in [3.8, 4) is 0 Å². The highest BCUT2D eigenvalue weighted by Crippen LogP contribution is 2.19. The normalized spacial score (nSPS) is 13.1. The summed E-state index contributed by atoms with van der Waals surface area (Å²) in [5.41, 5.74) is 0. The van der Waals surface area contributed by atoms with Gasteiger partial charge in [0.2, 0.25) is 0 Å². The zero-order chi connectivity index (χ0) is 65.4. The number of unbranched alkanes of at least 4 members (excludes halogenated alkanes) is 42. The van der Waals surface area contributed by atoms with E-state index in [9.17, 15) is 19.5 Å². The van der Waals surface area contributed by atoms with E-state index in [0.29, 0.717) is 23.9 Å². The maximum absolute atomic E-state index is 12.9. The Morgan fingerprint density at radius 1 is 0.344 bits per heavy atom. The van der Waals surface area contributed by atoms with E-state index in [0.717, 1.165) is 96.3 Å². The third-order valence-electron chi connectivity index (χ3n) is 16.9. The summed E-state index contributed by atoms with van der Waals surface area (Å²) >= 11 is 0. The third-order valence-corrected chi connectivity index (χ3v) is 16.9. The lowest BCUT2D eigenvalue weighted by Gasteiger charge is -2.25. The van der Waals surface area contributed by atoms with E-state index in [1.54, 1.807) is 0 Å². The number of carboxylic acids is 1. The lowest BCUT2D eigenvalue weighted by atomic mass is 10.0. The highest BCUT2D eigenvalue weighted by atomic mass is 16.7. The summed E-state index contributed by atoms with van der Waals surface area (Å²) in [5, 5.41) is 9.76. The Balaban J connectivity index is 4.03. The monoisotopic (exact) mass is 1260 g/mol. The molecule has 522 valence electrons. The second kappa shape index (κ2) is 71.3. The summed E-state index contributed by atoms with van der Waals surface area (Å²) in [6.07, 6.45) is 94.5. The Morgan fingerprint density at radius 2 is 0.633 bits per heavy atom. The van der Waals surface area contributed by atoms with Crippen LogP contribution < -0.4 is 0 Å². The molecule has 2 unspecified atom stereocenters. The number of carboxylic acid groups (broad SMARTS) is 1. The topological polar surface area (TPSA) is 108 Å². The Labute approximate surface area is 557 Å². The van der Waals surface area contributed by atoms with Crippen LogP contribution in [0.2, 0.25) is 0 Å². The van der Waals surface area contributed by atoms with E-state index in [2.05, 4.69) is 98.9 Å². The lowest BCUT2D eigenvalue weighted by molar-refractivity contribution is -0.870. The Kier molecular flexibility index (Phi) is 68.5. The molecule has 90 heavy (non-hydrogen) atoms. The highest BCUT2D eigenvalue weighted by molar-refractivity contribution is 5.71. The van der Waals surface area contributed by atoms with Gasteiger partial charge in [-0.25, -0.2) is 4.79 Å². The van der Waals surface area contributed by atoms with Crippen LogP contribution in [-0.4, -0.2) is 87.4 Å². The van der Waals surface area contributed by atoms with Gasteiger partial charge in [-0.2, -0.15) is 0 Å². The van der Waals surface area contributed by atoms with Crippen molar-refractivity contribution < 1.29 is 42.9 Å². The molecular weight excluding hydrogens is 1110 g/mol. The van der Waals surface area contributed by atoms with Crippen molar-refractivity contribution in [2.45, 2.75) is 367 Å². The van der Waals surface area contributed by atoms with E-state index < -0.39 is 24.3 Å². The highest BCUT2D eigenvalue weighted by Gasteiger charge is 2.25. The fourth-order valence-corrected chi connectivity index (χ4v) is 11.1. The first-order valence-electron chi connectivity index (χ1n) is 38.3. The van der Waals surface area contributed by atoms with Crippen LogP contribution in [-0.2, 0) is 33.3 Å². The lowest BCUT2D eigenvalue weighted by Crippen LogP contribution is -2.40. The fraction of sp³-hybridized carbons (Fsp3) is 0.790. The minimum Gasteiger partial charge on any atom is -0.477 e. The molecule has 1 N–H and O–H groups in total. The van der Waals surface area contributed by atoms with E-state index in [1.165, 1.54) is 225 Å². The number of allylic oxidation sites excluding steroid dienone is 14. The van der Waals surface area contributed by atoms with E-state index >= 15 is 0 Å². The number of ether oxygens (including phenoxy) is 4. The SMILES string of the molecule is CC/C=C\C/C=C\C/C=C\C/C=C\C/C=C\C/C=C\C/C=C\CCCCCCCC(=O)OC(COC(=O)CCCCCCCCCCCCCCCCCCCCCCCCCCCCCCCCCCCCCCCC)COC(OCC[N+](C)(C)C)C(=O)O. The number of hydrogen-bond acceptors (Lipinski definition) is 7. The van der Waals surface area contributed by atoms with Crippen molar-refractivity contribution in [3.05, 3.63) is 85.1 Å². The van der Waals surface area contributed by atoms with Crippen LogP contribution in [0.25, 0.3) is 0 Å². The van der Waals surface area contributed by atoms with Crippen molar-refractivity contribution in [3.63, 3.8) is 0 Å². The van der Waals surface area contributed by atoms with Crippen LogP contribution in [0.5, 0.6) is 0 Å². The first-order valence-corrected chi connectivity index (χ1v) is 38.3. The average molecular weight is 1260 g/mol. The second-order valence-electron chi connectivity index (χ2n) is 26.9. The number of esters is 2. The molecule has 2 atom stereocenters. The molecule has 0 saturated carbocycles. The van der Waals surface area contributed by atoms with Gasteiger partial charge in [0.1, 0.15) is 13.2 Å². The molecular formula is C81H146NO8+. The van der Waals surface area contributed by atoms with E-state index in [4.69, 9.17) is 18.9 Å². The van der Waals surface area contributed by atoms with Crippen molar-refractivity contribution in [2.24, 2.45) is 0 Å². The quantitative estimate of drug-likeness (QED) is 0.0211. The van der Waals surface area contributed by atoms with Gasteiger partial charge in [0.25, 0.3) is 6.29 Å². The molecule has 0 amide bonds. The summed E-state index contributed by atoms with van der Waals surface area (Å²) in [6.45, 7) is 4.78. The summed E-state index contributed by atoms with van der Waals surface area (Å²) in [4.78, 5) is 37.7. The van der Waals surface area contributed by atoms with Gasteiger partial charge < -0.3 is 28.5 Å². The Morgan fingerprint density at radius 3 is 0.944 bits per heavy atom. The van der Waals surface area contributed by atoms with Crippen molar-refractivity contribution in [2.75, 3.05) is 47.5 Å². The molecule has 0 aromatic heterocycles. The van der Waals surface area contributed by atoms with Gasteiger partial charge in [-0.15, -0.1) is 0 Å². The summed E-state index contributed by atoms with van der Waals surface area (Å²) in [5.74, 6) is -2.02. The number of carbonyl (C=O) groups is 3. The van der Waals surface area contributed by atoms with Gasteiger partial charge >= 0.3 is 17.9 Å². The van der Waals surface area contributed by atoms with Gasteiger partial charge in [-0.3, -0.25) is 9.59 Å². The van der Waals surface area contributed by atoms with Crippen LogP contribution in [0.4, 0.5) is 0 Å². The number of rotatable bonds is 71. The molecule has 0 bridgehead atoms.